The van der Waals surface area contributed by atoms with Gasteiger partial charge in [-0.2, -0.15) is 9.61 Å². The van der Waals surface area contributed by atoms with Crippen LogP contribution < -0.4 is 16.0 Å². The predicted molar refractivity (Wildman–Crippen MR) is 104 cm³/mol. The van der Waals surface area contributed by atoms with E-state index in [9.17, 15) is 14.6 Å². The first-order chi connectivity index (χ1) is 14.0. The largest absolute Gasteiger partial charge is 0.494 e. The molecule has 3 heterocycles. The fourth-order valence-electron chi connectivity index (χ4n) is 3.02. The molecule has 0 aliphatic heterocycles. The number of anilines is 2. The van der Waals surface area contributed by atoms with E-state index in [0.29, 0.717) is 33.4 Å². The van der Waals surface area contributed by atoms with Gasteiger partial charge in [-0.25, -0.2) is 9.37 Å². The molecule has 0 spiro atoms. The summed E-state index contributed by atoms with van der Waals surface area (Å²) in [6, 6.07) is 9.48. The van der Waals surface area contributed by atoms with Gasteiger partial charge in [0.1, 0.15) is 11.6 Å². The van der Waals surface area contributed by atoms with Crippen LogP contribution in [-0.2, 0) is 0 Å². The Morgan fingerprint density at radius 1 is 1.21 bits per heavy atom. The molecule has 9 heteroatoms. The van der Waals surface area contributed by atoms with Crippen LogP contribution in [0.3, 0.4) is 0 Å². The summed E-state index contributed by atoms with van der Waals surface area (Å²) < 4.78 is 14.8. The highest BCUT2D eigenvalue weighted by atomic mass is 19.1. The summed E-state index contributed by atoms with van der Waals surface area (Å²) in [4.78, 5) is 11.8. The number of benzene rings is 1. The summed E-state index contributed by atoms with van der Waals surface area (Å²) in [5, 5.41) is 27.6. The highest BCUT2D eigenvalue weighted by Gasteiger charge is 2.20. The van der Waals surface area contributed by atoms with Gasteiger partial charge in [0, 0.05) is 28.6 Å². The molecule has 1 aliphatic rings. The Kier molecular flexibility index (Phi) is 3.94. The topological polar surface area (TPSA) is 111 Å². The van der Waals surface area contributed by atoms with E-state index in [1.807, 2.05) is 0 Å². The van der Waals surface area contributed by atoms with Crippen LogP contribution in [0, 0.1) is 5.82 Å². The molecule has 0 saturated heterocycles. The molecule has 0 radical (unpaired) electrons. The van der Waals surface area contributed by atoms with Crippen molar-refractivity contribution in [3.05, 3.63) is 64.7 Å². The van der Waals surface area contributed by atoms with Gasteiger partial charge in [-0.05, 0) is 43.2 Å². The summed E-state index contributed by atoms with van der Waals surface area (Å²) in [5.41, 5.74) is 2.30. The summed E-state index contributed by atoms with van der Waals surface area (Å²) in [6.45, 7) is 0. The van der Waals surface area contributed by atoms with Crippen molar-refractivity contribution in [1.82, 2.24) is 19.6 Å². The third-order valence-corrected chi connectivity index (χ3v) is 4.58. The second kappa shape index (κ2) is 6.62. The molecule has 1 saturated carbocycles. The van der Waals surface area contributed by atoms with Gasteiger partial charge in [0.2, 0.25) is 0 Å². The molecule has 0 atom stereocenters. The van der Waals surface area contributed by atoms with E-state index in [1.165, 1.54) is 18.2 Å². The van der Waals surface area contributed by atoms with Crippen LogP contribution >= 0.6 is 0 Å². The second-order valence-electron chi connectivity index (χ2n) is 6.93. The molecule has 1 aliphatic carbocycles. The predicted octanol–water partition coefficient (Wildman–Crippen LogP) is 1.96. The molecule has 1 fully saturated rings. The van der Waals surface area contributed by atoms with E-state index in [2.05, 4.69) is 20.4 Å². The number of aromatic amines is 1. The van der Waals surface area contributed by atoms with E-state index < -0.39 is 0 Å². The number of nitrogens with one attached hydrogen (secondary N) is 2. The van der Waals surface area contributed by atoms with Gasteiger partial charge in [0.25, 0.3) is 0 Å². The average molecular weight is 392 g/mol. The van der Waals surface area contributed by atoms with Crippen molar-refractivity contribution in [2.75, 3.05) is 5.32 Å². The van der Waals surface area contributed by atoms with Gasteiger partial charge < -0.3 is 15.5 Å². The summed E-state index contributed by atoms with van der Waals surface area (Å²) in [6.07, 6.45) is 5.38. The van der Waals surface area contributed by atoms with E-state index in [0.717, 1.165) is 12.8 Å². The lowest BCUT2D eigenvalue weighted by molar-refractivity contribution is 0.425. The lowest BCUT2D eigenvalue weighted by Crippen LogP contribution is -2.19. The van der Waals surface area contributed by atoms with Crippen molar-refractivity contribution < 1.29 is 14.6 Å². The lowest BCUT2D eigenvalue weighted by atomic mass is 10.2. The summed E-state index contributed by atoms with van der Waals surface area (Å²) in [5.74, 6) is -0.0583. The molecule has 0 unspecified atom stereocenters. The van der Waals surface area contributed by atoms with Crippen LogP contribution in [0.4, 0.5) is 15.9 Å². The number of aromatic nitrogens is 4. The molecule has 4 aromatic rings. The molecular formula is C20H17FN6O2. The average Bonchev–Trinajstić information content (AvgIpc) is 3.33. The Labute approximate surface area is 163 Å². The number of nitrogens with zero attached hydrogens (tertiary/aromatic N) is 4. The second-order valence-corrected chi connectivity index (χ2v) is 6.93. The molecule has 0 amide bonds. The van der Waals surface area contributed by atoms with Crippen LogP contribution in [0.1, 0.15) is 18.4 Å². The first-order valence-corrected chi connectivity index (χ1v) is 9.13. The maximum atomic E-state index is 13.2. The minimum absolute atomic E-state index is 0.138. The van der Waals surface area contributed by atoms with Gasteiger partial charge in [0.05, 0.1) is 12.2 Å². The van der Waals surface area contributed by atoms with Gasteiger partial charge in [-0.15, -0.1) is 0 Å². The third kappa shape index (κ3) is 3.49. The Morgan fingerprint density at radius 3 is 2.69 bits per heavy atom. The number of aromatic hydroxyl groups is 2. The Balaban J connectivity index is 1.66. The fourth-order valence-corrected chi connectivity index (χ4v) is 3.02. The molecule has 1 aromatic carbocycles. The van der Waals surface area contributed by atoms with E-state index in [-0.39, 0.29) is 23.6 Å². The minimum Gasteiger partial charge on any atom is -0.494 e. The van der Waals surface area contributed by atoms with Crippen LogP contribution in [0.5, 0.6) is 11.8 Å². The lowest BCUT2D eigenvalue weighted by Gasteiger charge is -2.06. The van der Waals surface area contributed by atoms with Crippen LogP contribution in [0.2, 0.25) is 0 Å². The van der Waals surface area contributed by atoms with Crippen molar-refractivity contribution >= 4 is 23.2 Å². The summed E-state index contributed by atoms with van der Waals surface area (Å²) >= 11 is 0. The Bertz CT molecular complexity index is 1320. The maximum Gasteiger partial charge on any atom is 0.198 e. The molecular weight excluding hydrogens is 375 g/mol. The monoisotopic (exact) mass is 392 g/mol. The normalized spacial score (nSPS) is 15.3. The number of fused-ring (bicyclic) bond motifs is 1. The van der Waals surface area contributed by atoms with Crippen LogP contribution in [0.15, 0.2) is 47.6 Å². The molecule has 3 aromatic heterocycles. The molecule has 0 bridgehead atoms. The van der Waals surface area contributed by atoms with Gasteiger partial charge in [-0.3, -0.25) is 9.98 Å². The standard InChI is InChI=1S/C20H17FN6O2/c21-13-1-3-14(4-2-13)23-16-9-17(24-15-5-6-15)27-19(25-16)12(10-22-27)7-11-8-18(28)26-20(11)29/h1-4,7-10,15,23,26,28-29H,5-6H2. The van der Waals surface area contributed by atoms with Crippen molar-refractivity contribution in [1.29, 1.82) is 0 Å². The van der Waals surface area contributed by atoms with Crippen molar-refractivity contribution in [2.24, 2.45) is 4.99 Å². The molecule has 8 nitrogen and oxygen atoms in total. The van der Waals surface area contributed by atoms with Crippen molar-refractivity contribution in [3.63, 3.8) is 0 Å². The number of rotatable bonds is 4. The first kappa shape index (κ1) is 17.2. The molecule has 29 heavy (non-hydrogen) atoms. The zero-order valence-corrected chi connectivity index (χ0v) is 15.2. The highest BCUT2D eigenvalue weighted by molar-refractivity contribution is 5.63. The number of hydrogen-bond donors (Lipinski definition) is 4. The molecule has 4 N–H and O–H groups in total. The van der Waals surface area contributed by atoms with Crippen LogP contribution in [-0.4, -0.2) is 35.8 Å². The number of hydrogen-bond acceptors (Lipinski definition) is 6. The highest BCUT2D eigenvalue weighted by Crippen LogP contribution is 2.23. The Hall–Kier alpha value is -3.88. The van der Waals surface area contributed by atoms with Gasteiger partial charge in [0.15, 0.2) is 22.9 Å². The fraction of sp³-hybridized carbons (Fsp3) is 0.150. The first-order valence-electron chi connectivity index (χ1n) is 9.13. The zero-order valence-electron chi connectivity index (χ0n) is 15.2. The van der Waals surface area contributed by atoms with Crippen LogP contribution in [0.25, 0.3) is 11.7 Å². The smallest absolute Gasteiger partial charge is 0.198 e. The SMILES string of the molecule is Oc1cc(C=c2cnn3c(=NC4CC4)cc(Nc4ccc(F)cc4)nc23)c(O)[nH]1. The number of H-pyrrole nitrogens is 1. The van der Waals surface area contributed by atoms with Gasteiger partial charge >= 0.3 is 0 Å². The van der Waals surface area contributed by atoms with E-state index in [4.69, 9.17) is 4.99 Å². The summed E-state index contributed by atoms with van der Waals surface area (Å²) in [7, 11) is 0. The molecule has 146 valence electrons. The van der Waals surface area contributed by atoms with E-state index >= 15 is 0 Å². The van der Waals surface area contributed by atoms with Gasteiger partial charge in [-0.1, -0.05) is 0 Å². The Morgan fingerprint density at radius 2 is 2.00 bits per heavy atom. The maximum absolute atomic E-state index is 13.2. The van der Waals surface area contributed by atoms with Crippen molar-refractivity contribution in [2.45, 2.75) is 18.9 Å². The molecule has 5 rings (SSSR count). The zero-order chi connectivity index (χ0) is 20.0. The quantitative estimate of drug-likeness (QED) is 0.424. The van der Waals surface area contributed by atoms with Crippen molar-refractivity contribution in [3.8, 4) is 11.8 Å². The van der Waals surface area contributed by atoms with E-state index in [1.54, 1.807) is 35.0 Å². The number of halogens is 1. The minimum atomic E-state index is -0.314. The third-order valence-electron chi connectivity index (χ3n) is 4.58.